The van der Waals surface area contributed by atoms with Gasteiger partial charge in [-0.15, -0.1) is 0 Å². The maximum Gasteiger partial charge on any atom is 0.0324 e. The molecule has 0 spiro atoms. The van der Waals surface area contributed by atoms with Gasteiger partial charge in [0, 0.05) is 37.4 Å². The molecule has 0 aliphatic carbocycles. The van der Waals surface area contributed by atoms with Crippen LogP contribution in [0.1, 0.15) is 42.0 Å². The molecule has 128 valence electrons. The summed E-state index contributed by atoms with van der Waals surface area (Å²) in [6.07, 6.45) is 12.1. The molecule has 0 amide bonds. The second-order valence-electron chi connectivity index (χ2n) is 6.30. The molecule has 3 heteroatoms. The van der Waals surface area contributed by atoms with Gasteiger partial charge in [0.25, 0.3) is 0 Å². The van der Waals surface area contributed by atoms with Gasteiger partial charge in [0.15, 0.2) is 0 Å². The monoisotopic (exact) mass is 331 g/mol. The van der Waals surface area contributed by atoms with Crippen LogP contribution in [0.2, 0.25) is 0 Å². The zero-order valence-electron chi connectivity index (χ0n) is 14.5. The smallest absolute Gasteiger partial charge is 0.0324 e. The van der Waals surface area contributed by atoms with Crippen LogP contribution in [-0.4, -0.2) is 9.97 Å². The molecular formula is C22H25N3. The van der Waals surface area contributed by atoms with Gasteiger partial charge in [-0.1, -0.05) is 36.8 Å². The lowest BCUT2D eigenvalue weighted by atomic mass is 9.99. The van der Waals surface area contributed by atoms with Crippen molar-refractivity contribution in [3.63, 3.8) is 0 Å². The van der Waals surface area contributed by atoms with E-state index >= 15 is 0 Å². The largest absolute Gasteiger partial charge is 0.306 e. The van der Waals surface area contributed by atoms with E-state index in [-0.39, 0.29) is 0 Å². The maximum absolute atomic E-state index is 4.15. The van der Waals surface area contributed by atoms with E-state index in [0.717, 1.165) is 19.4 Å². The molecule has 1 aromatic carbocycles. The van der Waals surface area contributed by atoms with Crippen LogP contribution in [0.25, 0.3) is 0 Å². The molecule has 0 bridgehead atoms. The number of hydrogen-bond donors (Lipinski definition) is 1. The summed E-state index contributed by atoms with van der Waals surface area (Å²) in [4.78, 5) is 8.23. The number of pyridine rings is 2. The molecule has 1 unspecified atom stereocenters. The van der Waals surface area contributed by atoms with Gasteiger partial charge in [0.05, 0.1) is 0 Å². The Kier molecular flexibility index (Phi) is 6.71. The van der Waals surface area contributed by atoms with Crippen molar-refractivity contribution >= 4 is 0 Å². The molecule has 0 saturated heterocycles. The van der Waals surface area contributed by atoms with Crippen molar-refractivity contribution in [2.24, 2.45) is 0 Å². The second-order valence-corrected chi connectivity index (χ2v) is 6.30. The van der Waals surface area contributed by atoms with Crippen LogP contribution in [-0.2, 0) is 13.0 Å². The first kappa shape index (κ1) is 17.3. The van der Waals surface area contributed by atoms with E-state index in [1.165, 1.54) is 29.5 Å². The fourth-order valence-corrected chi connectivity index (χ4v) is 3.05. The number of aromatic nitrogens is 2. The van der Waals surface area contributed by atoms with Crippen LogP contribution in [0.4, 0.5) is 0 Å². The fourth-order valence-electron chi connectivity index (χ4n) is 3.05. The molecule has 1 atom stereocenters. The Labute approximate surface area is 150 Å². The van der Waals surface area contributed by atoms with Crippen LogP contribution in [0.3, 0.4) is 0 Å². The van der Waals surface area contributed by atoms with Gasteiger partial charge in [-0.25, -0.2) is 0 Å². The zero-order valence-corrected chi connectivity index (χ0v) is 14.5. The SMILES string of the molecule is c1ccc(CNC(CCCCc2ccncc2)c2ccncc2)cc1. The Morgan fingerprint density at radius 1 is 0.720 bits per heavy atom. The average molecular weight is 331 g/mol. The normalized spacial score (nSPS) is 12.0. The van der Waals surface area contributed by atoms with Crippen molar-refractivity contribution in [1.82, 2.24) is 15.3 Å². The van der Waals surface area contributed by atoms with Crippen molar-refractivity contribution in [3.05, 3.63) is 96.1 Å². The highest BCUT2D eigenvalue weighted by Crippen LogP contribution is 2.20. The molecular weight excluding hydrogens is 306 g/mol. The van der Waals surface area contributed by atoms with E-state index in [2.05, 4.69) is 69.9 Å². The summed E-state index contributed by atoms with van der Waals surface area (Å²) < 4.78 is 0. The second kappa shape index (κ2) is 9.70. The van der Waals surface area contributed by atoms with Gasteiger partial charge < -0.3 is 5.32 Å². The number of hydrogen-bond acceptors (Lipinski definition) is 3. The topological polar surface area (TPSA) is 37.8 Å². The Hall–Kier alpha value is -2.52. The van der Waals surface area contributed by atoms with Gasteiger partial charge >= 0.3 is 0 Å². The number of rotatable bonds is 9. The van der Waals surface area contributed by atoms with Crippen molar-refractivity contribution in [1.29, 1.82) is 0 Å². The molecule has 0 fully saturated rings. The van der Waals surface area contributed by atoms with Crippen molar-refractivity contribution in [2.75, 3.05) is 0 Å². The summed E-state index contributed by atoms with van der Waals surface area (Å²) in [6.45, 7) is 0.887. The molecule has 2 aromatic heterocycles. The number of unbranched alkanes of at least 4 members (excludes halogenated alkanes) is 1. The van der Waals surface area contributed by atoms with E-state index in [1.807, 2.05) is 24.8 Å². The minimum Gasteiger partial charge on any atom is -0.306 e. The quantitative estimate of drug-likeness (QED) is 0.577. The maximum atomic E-state index is 4.15. The van der Waals surface area contributed by atoms with E-state index < -0.39 is 0 Å². The summed E-state index contributed by atoms with van der Waals surface area (Å²) in [5, 5.41) is 3.71. The minimum atomic E-state index is 0.362. The third-order valence-corrected chi connectivity index (χ3v) is 4.46. The molecule has 0 aliphatic rings. The van der Waals surface area contributed by atoms with Gasteiger partial charge in [0.1, 0.15) is 0 Å². The first-order chi connectivity index (χ1) is 12.4. The van der Waals surface area contributed by atoms with Gasteiger partial charge in [-0.3, -0.25) is 9.97 Å². The van der Waals surface area contributed by atoms with Gasteiger partial charge in [-0.2, -0.15) is 0 Å². The fraction of sp³-hybridized carbons (Fsp3) is 0.273. The average Bonchev–Trinajstić information content (AvgIpc) is 2.70. The van der Waals surface area contributed by atoms with Crippen LogP contribution < -0.4 is 5.32 Å². The molecule has 1 N–H and O–H groups in total. The lowest BCUT2D eigenvalue weighted by molar-refractivity contribution is 0.475. The Bertz CT molecular complexity index is 714. The Balaban J connectivity index is 1.53. The molecule has 2 heterocycles. The Morgan fingerprint density at radius 3 is 2.12 bits per heavy atom. The summed E-state index contributed by atoms with van der Waals surface area (Å²) in [5.74, 6) is 0. The summed E-state index contributed by atoms with van der Waals surface area (Å²) in [7, 11) is 0. The van der Waals surface area contributed by atoms with E-state index in [9.17, 15) is 0 Å². The lowest BCUT2D eigenvalue weighted by Gasteiger charge is -2.19. The molecule has 0 radical (unpaired) electrons. The highest BCUT2D eigenvalue weighted by atomic mass is 14.9. The lowest BCUT2D eigenvalue weighted by Crippen LogP contribution is -2.21. The molecule has 3 rings (SSSR count). The molecule has 0 aliphatic heterocycles. The van der Waals surface area contributed by atoms with Gasteiger partial charge in [0.2, 0.25) is 0 Å². The third-order valence-electron chi connectivity index (χ3n) is 4.46. The van der Waals surface area contributed by atoms with E-state index in [4.69, 9.17) is 0 Å². The van der Waals surface area contributed by atoms with Crippen LogP contribution in [0.15, 0.2) is 79.4 Å². The highest BCUT2D eigenvalue weighted by molar-refractivity contribution is 5.18. The molecule has 3 nitrogen and oxygen atoms in total. The van der Waals surface area contributed by atoms with E-state index in [0.29, 0.717) is 6.04 Å². The Morgan fingerprint density at radius 2 is 1.40 bits per heavy atom. The summed E-state index contributed by atoms with van der Waals surface area (Å²) >= 11 is 0. The van der Waals surface area contributed by atoms with Crippen molar-refractivity contribution in [2.45, 2.75) is 38.3 Å². The summed E-state index contributed by atoms with van der Waals surface area (Å²) in [6, 6.07) is 19.4. The van der Waals surface area contributed by atoms with Crippen LogP contribution in [0.5, 0.6) is 0 Å². The van der Waals surface area contributed by atoms with Crippen molar-refractivity contribution in [3.8, 4) is 0 Å². The molecule has 3 aromatic rings. The number of aryl methyl sites for hydroxylation is 1. The molecule has 0 saturated carbocycles. The highest BCUT2D eigenvalue weighted by Gasteiger charge is 2.10. The first-order valence-electron chi connectivity index (χ1n) is 8.98. The zero-order chi connectivity index (χ0) is 17.2. The molecule has 25 heavy (non-hydrogen) atoms. The van der Waals surface area contributed by atoms with Crippen LogP contribution >= 0.6 is 0 Å². The van der Waals surface area contributed by atoms with E-state index in [1.54, 1.807) is 0 Å². The summed E-state index contributed by atoms with van der Waals surface area (Å²) in [5.41, 5.74) is 4.00. The van der Waals surface area contributed by atoms with Crippen LogP contribution in [0, 0.1) is 0 Å². The predicted molar refractivity (Wildman–Crippen MR) is 102 cm³/mol. The van der Waals surface area contributed by atoms with Gasteiger partial charge in [-0.05, 0) is 60.2 Å². The predicted octanol–water partition coefficient (Wildman–Crippen LogP) is 4.72. The first-order valence-corrected chi connectivity index (χ1v) is 8.98. The standard InChI is InChI=1S/C22H25N3/c1-2-7-20(8-3-1)18-25-22(21-12-16-24-17-13-21)9-5-4-6-19-10-14-23-15-11-19/h1-3,7-8,10-17,22,25H,4-6,9,18H2. The van der Waals surface area contributed by atoms with Crippen molar-refractivity contribution < 1.29 is 0 Å². The minimum absolute atomic E-state index is 0.362. The number of nitrogens with one attached hydrogen (secondary N) is 1. The number of nitrogens with zero attached hydrogens (tertiary/aromatic N) is 2. The third kappa shape index (κ3) is 5.80. The number of benzene rings is 1.